The summed E-state index contributed by atoms with van der Waals surface area (Å²) in [7, 11) is 0. The average molecular weight is 316 g/mol. The van der Waals surface area contributed by atoms with Crippen LogP contribution in [0.5, 0.6) is 0 Å². The second-order valence-corrected chi connectivity index (χ2v) is 5.16. The minimum atomic E-state index is -0.175. The summed E-state index contributed by atoms with van der Waals surface area (Å²) in [5.74, 6) is 0. The lowest BCUT2D eigenvalue weighted by Gasteiger charge is -2.14. The Labute approximate surface area is 137 Å². The molecule has 116 valence electrons. The van der Waals surface area contributed by atoms with Gasteiger partial charge in [0.2, 0.25) is 0 Å². The highest BCUT2D eigenvalue weighted by Gasteiger charge is 2.14. The van der Waals surface area contributed by atoms with E-state index in [9.17, 15) is 4.79 Å². The maximum atomic E-state index is 12.7. The Morgan fingerprint density at radius 2 is 1.86 bits per heavy atom. The quantitative estimate of drug-likeness (QED) is 0.750. The molecule has 0 fully saturated rings. The van der Waals surface area contributed by atoms with Crippen molar-refractivity contribution in [2.45, 2.75) is 27.7 Å². The zero-order valence-electron chi connectivity index (χ0n) is 13.6. The summed E-state index contributed by atoms with van der Waals surface area (Å²) in [5, 5.41) is 0.228. The van der Waals surface area contributed by atoms with E-state index in [2.05, 4.69) is 13.2 Å². The first-order chi connectivity index (χ1) is 10.5. The average Bonchev–Trinajstić information content (AvgIpc) is 2.48. The summed E-state index contributed by atoms with van der Waals surface area (Å²) >= 11 is 5.98. The zero-order chi connectivity index (χ0) is 16.9. The minimum absolute atomic E-state index is 0.175. The molecule has 0 radical (unpaired) electrons. The van der Waals surface area contributed by atoms with Crippen LogP contribution in [-0.2, 0) is 0 Å². The van der Waals surface area contributed by atoms with E-state index in [0.717, 1.165) is 16.9 Å². The van der Waals surface area contributed by atoms with Gasteiger partial charge in [0.1, 0.15) is 0 Å². The lowest BCUT2D eigenvalue weighted by atomic mass is 10.1. The third kappa shape index (κ3) is 3.58. The Bertz CT molecular complexity index is 757. The van der Waals surface area contributed by atoms with Gasteiger partial charge in [-0.2, -0.15) is 0 Å². The molecule has 0 atom stereocenters. The Kier molecular flexibility index (Phi) is 6.39. The largest absolute Gasteiger partial charge is 0.281 e. The van der Waals surface area contributed by atoms with Gasteiger partial charge in [-0.3, -0.25) is 9.36 Å². The number of nitrogens with zero attached hydrogens (tertiary/aromatic N) is 1. The number of halogens is 1. The van der Waals surface area contributed by atoms with E-state index >= 15 is 0 Å². The molecule has 0 aliphatic heterocycles. The molecule has 0 unspecified atom stereocenters. The molecule has 0 amide bonds. The van der Waals surface area contributed by atoms with E-state index in [1.54, 1.807) is 10.6 Å². The van der Waals surface area contributed by atoms with Crippen LogP contribution in [0.15, 0.2) is 48.3 Å². The normalized spacial score (nSPS) is 9.68. The molecule has 0 saturated heterocycles. The van der Waals surface area contributed by atoms with Crippen molar-refractivity contribution in [1.29, 1.82) is 0 Å². The van der Waals surface area contributed by atoms with Crippen molar-refractivity contribution in [1.82, 2.24) is 4.57 Å². The van der Waals surface area contributed by atoms with Crippen LogP contribution in [0.2, 0.25) is 0 Å². The van der Waals surface area contributed by atoms with Crippen molar-refractivity contribution in [2.75, 3.05) is 0 Å². The van der Waals surface area contributed by atoms with Crippen LogP contribution in [0.4, 0.5) is 0 Å². The summed E-state index contributed by atoms with van der Waals surface area (Å²) < 4.78 is 1.64. The van der Waals surface area contributed by atoms with Crippen LogP contribution in [-0.4, -0.2) is 4.57 Å². The van der Waals surface area contributed by atoms with Crippen molar-refractivity contribution in [3.8, 4) is 5.69 Å². The van der Waals surface area contributed by atoms with E-state index in [4.69, 9.17) is 11.6 Å². The summed E-state index contributed by atoms with van der Waals surface area (Å²) in [6.45, 7) is 15.3. The fourth-order valence-corrected chi connectivity index (χ4v) is 2.47. The molecule has 3 heteroatoms. The highest BCUT2D eigenvalue weighted by Crippen LogP contribution is 2.21. The number of hydrogen-bond acceptors (Lipinski definition) is 1. The fourth-order valence-electron chi connectivity index (χ4n) is 2.28. The SMILES string of the molecule is C=Cc1cc(C)n(-c2cccc(C)c2)c(=O)c1C(=C)Cl.CC. The van der Waals surface area contributed by atoms with Crippen LogP contribution in [0.25, 0.3) is 16.8 Å². The third-order valence-corrected chi connectivity index (χ3v) is 3.36. The molecule has 2 nitrogen and oxygen atoms in total. The van der Waals surface area contributed by atoms with Gasteiger partial charge in [0.15, 0.2) is 0 Å². The number of pyridine rings is 1. The van der Waals surface area contributed by atoms with Crippen molar-refractivity contribution < 1.29 is 0 Å². The molecule has 0 aliphatic carbocycles. The Hall–Kier alpha value is -2.06. The number of aryl methyl sites for hydroxylation is 2. The molecule has 0 N–H and O–H groups in total. The van der Waals surface area contributed by atoms with E-state index in [-0.39, 0.29) is 10.6 Å². The van der Waals surface area contributed by atoms with Crippen LogP contribution in [0.1, 0.15) is 36.2 Å². The third-order valence-electron chi connectivity index (χ3n) is 3.17. The molecule has 1 aromatic heterocycles. The van der Waals surface area contributed by atoms with Gasteiger partial charge < -0.3 is 0 Å². The molecular formula is C19H22ClNO. The summed E-state index contributed by atoms with van der Waals surface area (Å²) in [5.41, 5.74) is 3.67. The lowest BCUT2D eigenvalue weighted by Crippen LogP contribution is -2.24. The molecule has 0 spiro atoms. The first-order valence-corrected chi connectivity index (χ1v) is 7.64. The molecular weight excluding hydrogens is 294 g/mol. The highest BCUT2D eigenvalue weighted by atomic mass is 35.5. The van der Waals surface area contributed by atoms with Gasteiger partial charge in [0.25, 0.3) is 5.56 Å². The van der Waals surface area contributed by atoms with Gasteiger partial charge in [0.05, 0.1) is 5.56 Å². The van der Waals surface area contributed by atoms with Crippen molar-refractivity contribution in [3.05, 3.63) is 76.2 Å². The second-order valence-electron chi connectivity index (χ2n) is 4.70. The number of hydrogen-bond donors (Lipinski definition) is 0. The lowest BCUT2D eigenvalue weighted by molar-refractivity contribution is 0.926. The molecule has 1 aromatic carbocycles. The van der Waals surface area contributed by atoms with E-state index in [1.807, 2.05) is 58.0 Å². The summed E-state index contributed by atoms with van der Waals surface area (Å²) in [4.78, 5) is 12.7. The fraction of sp³-hybridized carbons (Fsp3) is 0.211. The van der Waals surface area contributed by atoms with Gasteiger partial charge >= 0.3 is 0 Å². The molecule has 2 rings (SSSR count). The van der Waals surface area contributed by atoms with Crippen molar-refractivity contribution in [3.63, 3.8) is 0 Å². The van der Waals surface area contributed by atoms with Gasteiger partial charge in [-0.1, -0.05) is 56.8 Å². The molecule has 1 heterocycles. The van der Waals surface area contributed by atoms with Crippen LogP contribution in [0.3, 0.4) is 0 Å². The molecule has 2 aromatic rings. The molecule has 0 bridgehead atoms. The van der Waals surface area contributed by atoms with Gasteiger partial charge in [-0.25, -0.2) is 0 Å². The highest BCUT2D eigenvalue weighted by molar-refractivity contribution is 6.48. The Morgan fingerprint density at radius 3 is 2.36 bits per heavy atom. The predicted molar refractivity (Wildman–Crippen MR) is 97.8 cm³/mol. The van der Waals surface area contributed by atoms with Crippen LogP contribution < -0.4 is 5.56 Å². The predicted octanol–water partition coefficient (Wildman–Crippen LogP) is 5.33. The van der Waals surface area contributed by atoms with Gasteiger partial charge in [0, 0.05) is 16.4 Å². The smallest absolute Gasteiger partial charge is 0.264 e. The van der Waals surface area contributed by atoms with Crippen LogP contribution >= 0.6 is 11.6 Å². The van der Waals surface area contributed by atoms with E-state index < -0.39 is 0 Å². The molecule has 0 aliphatic rings. The maximum absolute atomic E-state index is 12.7. The Morgan fingerprint density at radius 1 is 1.23 bits per heavy atom. The molecule has 22 heavy (non-hydrogen) atoms. The van der Waals surface area contributed by atoms with Crippen LogP contribution in [0, 0.1) is 13.8 Å². The monoisotopic (exact) mass is 315 g/mol. The number of benzene rings is 1. The summed E-state index contributed by atoms with van der Waals surface area (Å²) in [6, 6.07) is 9.66. The topological polar surface area (TPSA) is 22.0 Å². The summed E-state index contributed by atoms with van der Waals surface area (Å²) in [6.07, 6.45) is 1.62. The minimum Gasteiger partial charge on any atom is -0.281 e. The first-order valence-electron chi connectivity index (χ1n) is 7.26. The van der Waals surface area contributed by atoms with E-state index in [1.165, 1.54) is 0 Å². The van der Waals surface area contributed by atoms with Crippen molar-refractivity contribution >= 4 is 22.7 Å². The number of aromatic nitrogens is 1. The first kappa shape index (κ1) is 18.0. The molecule has 0 saturated carbocycles. The van der Waals surface area contributed by atoms with E-state index in [0.29, 0.717) is 11.1 Å². The zero-order valence-corrected chi connectivity index (χ0v) is 14.4. The van der Waals surface area contributed by atoms with Gasteiger partial charge in [-0.05, 0) is 43.2 Å². The Balaban J connectivity index is 0.00000116. The number of rotatable bonds is 3. The van der Waals surface area contributed by atoms with Crippen molar-refractivity contribution in [2.24, 2.45) is 0 Å². The standard InChI is InChI=1S/C17H16ClNO.C2H6/c1-5-14-10-12(3)19(17(20)16(14)13(4)18)15-8-6-7-11(2)9-15;1-2/h5-10H,1,4H2,2-3H3;1-2H3. The van der Waals surface area contributed by atoms with Gasteiger partial charge in [-0.15, -0.1) is 0 Å². The maximum Gasteiger partial charge on any atom is 0.264 e. The second kappa shape index (κ2) is 7.81.